The first-order chi connectivity index (χ1) is 12.6. The molecule has 1 aromatic carbocycles. The van der Waals surface area contributed by atoms with Gasteiger partial charge in [-0.2, -0.15) is 0 Å². The molecular weight excluding hydrogens is 326 g/mol. The number of pyridine rings is 1. The summed E-state index contributed by atoms with van der Waals surface area (Å²) in [5.41, 5.74) is 1.84. The highest BCUT2D eigenvalue weighted by Crippen LogP contribution is 2.09. The lowest BCUT2D eigenvalue weighted by molar-refractivity contribution is 0.0941. The second kappa shape index (κ2) is 8.40. The summed E-state index contributed by atoms with van der Waals surface area (Å²) >= 11 is 0. The summed E-state index contributed by atoms with van der Waals surface area (Å²) in [5.74, 6) is 0.567. The Kier molecular flexibility index (Phi) is 5.76. The van der Waals surface area contributed by atoms with Crippen LogP contribution in [0, 0.1) is 0 Å². The predicted molar refractivity (Wildman–Crippen MR) is 101 cm³/mol. The predicted octanol–water partition coefficient (Wildman–Crippen LogP) is 2.17. The molecule has 6 nitrogen and oxygen atoms in total. The first-order valence-electron chi connectivity index (χ1n) is 8.56. The standard InChI is InChI=1S/C20H23N5O/c1-24(2)18(12-16-6-4-3-5-7-16)14-23-20(26)17-8-9-22-19(13-17)25-11-10-21-15-25/h3-11,13,15,18H,12,14H2,1-2H3,(H,23,26). The van der Waals surface area contributed by atoms with E-state index < -0.39 is 0 Å². The van der Waals surface area contributed by atoms with Gasteiger partial charge in [0.15, 0.2) is 0 Å². The van der Waals surface area contributed by atoms with E-state index in [2.05, 4.69) is 32.3 Å². The van der Waals surface area contributed by atoms with E-state index in [4.69, 9.17) is 0 Å². The number of likely N-dealkylation sites (N-methyl/N-ethyl adjacent to an activating group) is 1. The van der Waals surface area contributed by atoms with Crippen LogP contribution in [0.4, 0.5) is 0 Å². The molecule has 2 heterocycles. The number of aromatic nitrogens is 3. The number of benzene rings is 1. The van der Waals surface area contributed by atoms with Gasteiger partial charge in [0.2, 0.25) is 0 Å². The molecule has 0 bridgehead atoms. The second-order valence-electron chi connectivity index (χ2n) is 6.39. The Balaban J connectivity index is 1.64. The fourth-order valence-electron chi connectivity index (χ4n) is 2.73. The van der Waals surface area contributed by atoms with Crippen LogP contribution < -0.4 is 5.32 Å². The van der Waals surface area contributed by atoms with Gasteiger partial charge in [-0.15, -0.1) is 0 Å². The van der Waals surface area contributed by atoms with Gasteiger partial charge in [0.1, 0.15) is 12.1 Å². The van der Waals surface area contributed by atoms with Crippen molar-refractivity contribution in [3.05, 3.63) is 78.5 Å². The summed E-state index contributed by atoms with van der Waals surface area (Å²) in [5, 5.41) is 3.04. The van der Waals surface area contributed by atoms with Gasteiger partial charge in [0.05, 0.1) is 0 Å². The van der Waals surface area contributed by atoms with Gasteiger partial charge in [-0.25, -0.2) is 9.97 Å². The average Bonchev–Trinajstić information content (AvgIpc) is 3.20. The summed E-state index contributed by atoms with van der Waals surface area (Å²) in [6, 6.07) is 14.0. The van der Waals surface area contributed by atoms with Crippen molar-refractivity contribution in [1.82, 2.24) is 24.8 Å². The Labute approximate surface area is 153 Å². The third kappa shape index (κ3) is 4.55. The van der Waals surface area contributed by atoms with Crippen molar-refractivity contribution in [3.8, 4) is 5.82 Å². The van der Waals surface area contributed by atoms with Crippen LogP contribution >= 0.6 is 0 Å². The number of nitrogens with one attached hydrogen (secondary N) is 1. The minimum Gasteiger partial charge on any atom is -0.350 e. The number of hydrogen-bond donors (Lipinski definition) is 1. The van der Waals surface area contributed by atoms with Gasteiger partial charge >= 0.3 is 0 Å². The highest BCUT2D eigenvalue weighted by atomic mass is 16.1. The SMILES string of the molecule is CN(C)C(CNC(=O)c1ccnc(-n2ccnc2)c1)Cc1ccccc1. The fraction of sp³-hybridized carbons (Fsp3) is 0.250. The van der Waals surface area contributed by atoms with Crippen LogP contribution in [-0.4, -0.2) is 52.0 Å². The Hall–Kier alpha value is -2.99. The Bertz CT molecular complexity index is 830. The molecule has 0 fully saturated rings. The van der Waals surface area contributed by atoms with Crippen molar-refractivity contribution in [2.45, 2.75) is 12.5 Å². The third-order valence-electron chi connectivity index (χ3n) is 4.32. The second-order valence-corrected chi connectivity index (χ2v) is 6.39. The number of imidazole rings is 1. The van der Waals surface area contributed by atoms with Crippen LogP contribution in [0.15, 0.2) is 67.4 Å². The molecule has 1 amide bonds. The highest BCUT2D eigenvalue weighted by molar-refractivity contribution is 5.94. The van der Waals surface area contributed by atoms with Crippen molar-refractivity contribution in [1.29, 1.82) is 0 Å². The van der Waals surface area contributed by atoms with Crippen molar-refractivity contribution in [3.63, 3.8) is 0 Å². The first kappa shape index (κ1) is 17.8. The maximum atomic E-state index is 12.6. The van der Waals surface area contributed by atoms with Crippen molar-refractivity contribution in [2.75, 3.05) is 20.6 Å². The molecule has 0 spiro atoms. The van der Waals surface area contributed by atoms with Crippen LogP contribution in [0.3, 0.4) is 0 Å². The molecule has 6 heteroatoms. The van der Waals surface area contributed by atoms with Crippen LogP contribution in [0.1, 0.15) is 15.9 Å². The average molecular weight is 349 g/mol. The Morgan fingerprint density at radius 2 is 2.00 bits per heavy atom. The fourth-order valence-corrected chi connectivity index (χ4v) is 2.73. The molecule has 1 atom stereocenters. The quantitative estimate of drug-likeness (QED) is 0.710. The monoisotopic (exact) mass is 349 g/mol. The molecule has 0 aliphatic carbocycles. The van der Waals surface area contributed by atoms with Crippen LogP contribution in [0.5, 0.6) is 0 Å². The van der Waals surface area contributed by atoms with Gasteiger partial charge < -0.3 is 10.2 Å². The number of carbonyl (C=O) groups is 1. The minimum atomic E-state index is -0.103. The number of nitrogens with zero attached hydrogens (tertiary/aromatic N) is 4. The molecular formula is C20H23N5O. The summed E-state index contributed by atoms with van der Waals surface area (Å²) in [4.78, 5) is 23.0. The summed E-state index contributed by atoms with van der Waals surface area (Å²) < 4.78 is 1.77. The van der Waals surface area contributed by atoms with Gasteiger partial charge in [0, 0.05) is 36.7 Å². The van der Waals surface area contributed by atoms with E-state index in [1.165, 1.54) is 5.56 Å². The van der Waals surface area contributed by atoms with Gasteiger partial charge in [-0.3, -0.25) is 9.36 Å². The van der Waals surface area contributed by atoms with Gasteiger partial charge in [0.25, 0.3) is 5.91 Å². The van der Waals surface area contributed by atoms with Gasteiger partial charge in [-0.05, 0) is 38.2 Å². The lowest BCUT2D eigenvalue weighted by atomic mass is 10.1. The third-order valence-corrected chi connectivity index (χ3v) is 4.32. The number of rotatable bonds is 7. The van der Waals surface area contributed by atoms with E-state index >= 15 is 0 Å². The van der Waals surface area contributed by atoms with E-state index in [9.17, 15) is 4.79 Å². The van der Waals surface area contributed by atoms with E-state index in [0.29, 0.717) is 17.9 Å². The molecule has 26 heavy (non-hydrogen) atoms. The lowest BCUT2D eigenvalue weighted by Gasteiger charge is -2.24. The van der Waals surface area contributed by atoms with Crippen molar-refractivity contribution in [2.24, 2.45) is 0 Å². The molecule has 134 valence electrons. The molecule has 0 saturated carbocycles. The van der Waals surface area contributed by atoms with E-state index in [1.54, 1.807) is 41.6 Å². The van der Waals surface area contributed by atoms with Crippen LogP contribution in [0.25, 0.3) is 5.82 Å². The molecule has 3 aromatic rings. The van der Waals surface area contributed by atoms with Crippen LogP contribution in [0.2, 0.25) is 0 Å². The first-order valence-corrected chi connectivity index (χ1v) is 8.56. The lowest BCUT2D eigenvalue weighted by Crippen LogP contribution is -2.41. The van der Waals surface area contributed by atoms with Crippen molar-refractivity contribution >= 4 is 5.91 Å². The molecule has 1 unspecified atom stereocenters. The molecule has 1 N–H and O–H groups in total. The summed E-state index contributed by atoms with van der Waals surface area (Å²) in [6.07, 6.45) is 7.65. The topological polar surface area (TPSA) is 63.1 Å². The van der Waals surface area contributed by atoms with E-state index in [1.807, 2.05) is 32.3 Å². The molecule has 0 aliphatic rings. The highest BCUT2D eigenvalue weighted by Gasteiger charge is 2.15. The van der Waals surface area contributed by atoms with E-state index in [-0.39, 0.29) is 11.9 Å². The van der Waals surface area contributed by atoms with E-state index in [0.717, 1.165) is 6.42 Å². The normalized spacial score (nSPS) is 12.1. The largest absolute Gasteiger partial charge is 0.350 e. The van der Waals surface area contributed by atoms with Crippen molar-refractivity contribution < 1.29 is 4.79 Å². The number of hydrogen-bond acceptors (Lipinski definition) is 4. The number of carbonyl (C=O) groups excluding carboxylic acids is 1. The molecule has 0 saturated heterocycles. The minimum absolute atomic E-state index is 0.103. The Morgan fingerprint density at radius 3 is 2.69 bits per heavy atom. The smallest absolute Gasteiger partial charge is 0.251 e. The molecule has 3 rings (SSSR count). The summed E-state index contributed by atoms with van der Waals surface area (Å²) in [6.45, 7) is 0.573. The zero-order chi connectivity index (χ0) is 18.4. The number of amides is 1. The summed E-state index contributed by atoms with van der Waals surface area (Å²) in [7, 11) is 4.06. The molecule has 2 aromatic heterocycles. The zero-order valence-corrected chi connectivity index (χ0v) is 15.0. The zero-order valence-electron chi connectivity index (χ0n) is 15.0. The van der Waals surface area contributed by atoms with Crippen LogP contribution in [-0.2, 0) is 6.42 Å². The van der Waals surface area contributed by atoms with Gasteiger partial charge in [-0.1, -0.05) is 30.3 Å². The molecule has 0 radical (unpaired) electrons. The maximum absolute atomic E-state index is 12.6. The molecule has 0 aliphatic heterocycles. The maximum Gasteiger partial charge on any atom is 0.251 e. The Morgan fingerprint density at radius 1 is 1.19 bits per heavy atom.